The zero-order valence-corrected chi connectivity index (χ0v) is 24.5. The predicted octanol–water partition coefficient (Wildman–Crippen LogP) is 4.40. The van der Waals surface area contributed by atoms with Crippen LogP contribution in [-0.2, 0) is 14.3 Å². The van der Waals surface area contributed by atoms with E-state index in [-0.39, 0.29) is 19.4 Å². The van der Waals surface area contributed by atoms with Crippen LogP contribution in [0.15, 0.2) is 23.3 Å². The fraction of sp³-hybridized carbons (Fsp3) is 0.812. The minimum Gasteiger partial charge on any atom is -0.459 e. The Morgan fingerprint density at radius 2 is 1.59 bits per heavy atom. The maximum absolute atomic E-state index is 13.1. The van der Waals surface area contributed by atoms with Gasteiger partial charge in [0.1, 0.15) is 17.3 Å². The number of aliphatic hydroxyl groups is 4. The van der Waals surface area contributed by atoms with Crippen molar-refractivity contribution >= 4 is 11.8 Å². The lowest BCUT2D eigenvalue weighted by atomic mass is 9.59. The first-order chi connectivity index (χ1) is 18.3. The molecule has 4 aliphatic carbocycles. The molecule has 39 heavy (non-hydrogen) atoms. The molecule has 7 nitrogen and oxygen atoms in total. The van der Waals surface area contributed by atoms with E-state index in [0.717, 1.165) is 12.8 Å². The van der Waals surface area contributed by atoms with Crippen LogP contribution in [0.4, 0.5) is 0 Å². The molecule has 0 heterocycles. The first-order valence-electron chi connectivity index (χ1n) is 15.2. The lowest BCUT2D eigenvalue weighted by Crippen LogP contribution is -2.65. The lowest BCUT2D eigenvalue weighted by molar-refractivity contribution is -0.221. The van der Waals surface area contributed by atoms with Gasteiger partial charge in [0.05, 0.1) is 12.2 Å². The van der Waals surface area contributed by atoms with Crippen molar-refractivity contribution < 1.29 is 34.8 Å². The lowest BCUT2D eigenvalue weighted by Gasteiger charge is -2.52. The Labute approximate surface area is 233 Å². The molecular weight excluding hydrogens is 496 g/mol. The van der Waals surface area contributed by atoms with Crippen LogP contribution in [-0.4, -0.2) is 61.7 Å². The van der Waals surface area contributed by atoms with Gasteiger partial charge in [-0.15, -0.1) is 0 Å². The number of carbonyl (C=O) groups is 2. The van der Waals surface area contributed by atoms with Gasteiger partial charge in [0.25, 0.3) is 0 Å². The highest BCUT2D eigenvalue weighted by atomic mass is 16.6. The first kappa shape index (κ1) is 30.4. The number of hydrogen-bond acceptors (Lipinski definition) is 7. The van der Waals surface area contributed by atoms with Crippen molar-refractivity contribution in [3.8, 4) is 0 Å². The summed E-state index contributed by atoms with van der Waals surface area (Å²) in [6.07, 6.45) is 12.8. The van der Waals surface area contributed by atoms with Crippen molar-refractivity contribution in [1.82, 2.24) is 0 Å². The van der Waals surface area contributed by atoms with Crippen LogP contribution in [0.1, 0.15) is 105 Å². The van der Waals surface area contributed by atoms with E-state index in [1.165, 1.54) is 38.5 Å². The van der Waals surface area contributed by atoms with Crippen LogP contribution in [0.3, 0.4) is 0 Å². The highest BCUT2D eigenvalue weighted by Gasteiger charge is 2.85. The molecule has 0 aromatic heterocycles. The quantitative estimate of drug-likeness (QED) is 0.162. The first-order valence-corrected chi connectivity index (χ1v) is 15.2. The van der Waals surface area contributed by atoms with E-state index in [0.29, 0.717) is 17.6 Å². The van der Waals surface area contributed by atoms with Crippen LogP contribution >= 0.6 is 0 Å². The molecule has 0 spiro atoms. The van der Waals surface area contributed by atoms with Crippen molar-refractivity contribution in [1.29, 1.82) is 0 Å². The number of aliphatic hydroxyl groups excluding tert-OH is 1. The van der Waals surface area contributed by atoms with Gasteiger partial charge in [-0.05, 0) is 24.5 Å². The van der Waals surface area contributed by atoms with Crippen LogP contribution in [0.2, 0.25) is 0 Å². The second kappa shape index (κ2) is 11.0. The summed E-state index contributed by atoms with van der Waals surface area (Å²) in [6.45, 7) is 9.04. The summed E-state index contributed by atoms with van der Waals surface area (Å²) < 4.78 is 6.01. The zero-order chi connectivity index (χ0) is 28.8. The van der Waals surface area contributed by atoms with E-state index in [1.807, 2.05) is 13.8 Å². The molecule has 0 unspecified atom stereocenters. The van der Waals surface area contributed by atoms with Crippen molar-refractivity contribution in [3.05, 3.63) is 23.3 Å². The number of rotatable bonds is 12. The molecule has 0 bridgehead atoms. The van der Waals surface area contributed by atoms with E-state index < -0.39 is 63.7 Å². The third kappa shape index (κ3) is 4.75. The minimum absolute atomic E-state index is 0.0823. The number of ether oxygens (including phenoxy) is 1. The van der Waals surface area contributed by atoms with Crippen LogP contribution in [0.5, 0.6) is 0 Å². The molecule has 4 rings (SSSR count). The second-order valence-electron chi connectivity index (χ2n) is 13.5. The molecule has 4 aliphatic rings. The Balaban J connectivity index is 1.51. The Hall–Kier alpha value is -1.54. The van der Waals surface area contributed by atoms with Gasteiger partial charge in [-0.3, -0.25) is 9.59 Å². The van der Waals surface area contributed by atoms with Crippen LogP contribution < -0.4 is 0 Å². The maximum atomic E-state index is 13.1. The fourth-order valence-electron chi connectivity index (χ4n) is 8.39. The number of carbonyl (C=O) groups excluding carboxylic acids is 2. The monoisotopic (exact) mass is 546 g/mol. The molecule has 8 atom stereocenters. The number of unbranched alkanes of at least 4 members (excludes halogenated alkanes) is 8. The number of fused-ring (bicyclic) bond motifs is 5. The molecule has 0 aromatic rings. The number of esters is 1. The zero-order valence-electron chi connectivity index (χ0n) is 24.5. The van der Waals surface area contributed by atoms with Gasteiger partial charge >= 0.3 is 5.97 Å². The SMILES string of the molecule is CCCCCCCCCCCC(=O)O[C@@H]1[C@@H](C)[C@@]2(O)[C@@H](C=C(CO)C[C@]3(O)C(=O)C(C)=C[C@@H]23)[C@@H]2C(C)(C)[C@]12O. The van der Waals surface area contributed by atoms with Crippen molar-refractivity contribution in [2.24, 2.45) is 29.1 Å². The summed E-state index contributed by atoms with van der Waals surface area (Å²) in [5, 5.41) is 46.2. The summed E-state index contributed by atoms with van der Waals surface area (Å²) in [7, 11) is 0. The molecule has 7 heteroatoms. The minimum atomic E-state index is -1.89. The average Bonchev–Trinajstić information content (AvgIpc) is 3.28. The summed E-state index contributed by atoms with van der Waals surface area (Å²) in [6, 6.07) is 0. The summed E-state index contributed by atoms with van der Waals surface area (Å²) in [5.74, 6) is -3.66. The van der Waals surface area contributed by atoms with Crippen molar-refractivity contribution in [2.45, 2.75) is 128 Å². The topological polar surface area (TPSA) is 124 Å². The fourth-order valence-corrected chi connectivity index (χ4v) is 8.39. The molecule has 0 radical (unpaired) electrons. The Kier molecular flexibility index (Phi) is 8.61. The molecule has 4 N–H and O–H groups in total. The largest absolute Gasteiger partial charge is 0.459 e. The van der Waals surface area contributed by atoms with E-state index in [2.05, 4.69) is 6.92 Å². The molecular formula is C32H50O7. The molecule has 2 fully saturated rings. The highest BCUT2D eigenvalue weighted by Crippen LogP contribution is 2.75. The third-order valence-electron chi connectivity index (χ3n) is 10.7. The van der Waals surface area contributed by atoms with Gasteiger partial charge < -0.3 is 25.2 Å². The summed E-state index contributed by atoms with van der Waals surface area (Å²) in [5.41, 5.74) is -4.75. The summed E-state index contributed by atoms with van der Waals surface area (Å²) >= 11 is 0. The van der Waals surface area contributed by atoms with Crippen LogP contribution in [0, 0.1) is 29.1 Å². The van der Waals surface area contributed by atoms with E-state index in [4.69, 9.17) is 4.74 Å². The molecule has 220 valence electrons. The average molecular weight is 547 g/mol. The van der Waals surface area contributed by atoms with E-state index >= 15 is 0 Å². The second-order valence-corrected chi connectivity index (χ2v) is 13.5. The number of ketones is 1. The van der Waals surface area contributed by atoms with Gasteiger partial charge in [-0.2, -0.15) is 0 Å². The Morgan fingerprint density at radius 3 is 2.18 bits per heavy atom. The third-order valence-corrected chi connectivity index (χ3v) is 10.7. The number of Topliss-reactive ketones (excluding diaryl/α,β-unsaturated/α-hetero) is 1. The molecule has 0 saturated heterocycles. The van der Waals surface area contributed by atoms with Gasteiger partial charge in [0.15, 0.2) is 5.78 Å². The molecule has 0 aromatic carbocycles. The Morgan fingerprint density at radius 1 is 1.00 bits per heavy atom. The van der Waals surface area contributed by atoms with Gasteiger partial charge in [0, 0.05) is 41.9 Å². The van der Waals surface area contributed by atoms with Gasteiger partial charge in [-0.25, -0.2) is 0 Å². The van der Waals surface area contributed by atoms with Crippen molar-refractivity contribution in [2.75, 3.05) is 6.61 Å². The normalized spacial score (nSPS) is 40.1. The highest BCUT2D eigenvalue weighted by molar-refractivity contribution is 6.04. The van der Waals surface area contributed by atoms with Gasteiger partial charge in [-0.1, -0.05) is 91.2 Å². The standard InChI is InChI=1S/C32H50O7/c1-6-7-8-9-10-11-12-13-14-15-25(34)39-28-21(3)31(37)23(26-29(4,5)32(26,28)38)17-22(19-33)18-30(36)24(31)16-20(2)27(30)35/h16-17,21,23-24,26,28,33,36-38H,6-15,18-19H2,1-5H3/t21-,23+,24-,26-,28-,30-,31-,32-/m1/s1. The molecule has 0 amide bonds. The summed E-state index contributed by atoms with van der Waals surface area (Å²) in [4.78, 5) is 26.2. The van der Waals surface area contributed by atoms with Crippen LogP contribution in [0.25, 0.3) is 0 Å². The van der Waals surface area contributed by atoms with Gasteiger partial charge in [0.2, 0.25) is 0 Å². The molecule has 2 saturated carbocycles. The van der Waals surface area contributed by atoms with E-state index in [1.54, 1.807) is 26.0 Å². The Bertz CT molecular complexity index is 1010. The van der Waals surface area contributed by atoms with Crippen molar-refractivity contribution in [3.63, 3.8) is 0 Å². The smallest absolute Gasteiger partial charge is 0.306 e. The number of hydrogen-bond donors (Lipinski definition) is 4. The maximum Gasteiger partial charge on any atom is 0.306 e. The van der Waals surface area contributed by atoms with E-state index in [9.17, 15) is 30.0 Å². The molecule has 0 aliphatic heterocycles. The predicted molar refractivity (Wildman–Crippen MR) is 149 cm³/mol.